The van der Waals surface area contributed by atoms with Crippen LogP contribution < -0.4 is 25.8 Å². The van der Waals surface area contributed by atoms with E-state index in [2.05, 4.69) is 15.2 Å². The van der Waals surface area contributed by atoms with Crippen LogP contribution in [0.15, 0.2) is 30.3 Å². The number of hydrogen-bond acceptors (Lipinski definition) is 7. The normalized spacial score (nSPS) is 18.7. The number of cyclic esters (lactones) is 1. The predicted molar refractivity (Wildman–Crippen MR) is 121 cm³/mol. The summed E-state index contributed by atoms with van der Waals surface area (Å²) in [5.41, 5.74) is 7.04. The van der Waals surface area contributed by atoms with Gasteiger partial charge in [0, 0.05) is 33.1 Å². The van der Waals surface area contributed by atoms with Crippen molar-refractivity contribution >= 4 is 46.5 Å². The smallest absolute Gasteiger partial charge is 0.414 e. The fourth-order valence-electron chi connectivity index (χ4n) is 3.80. The second-order valence-electron chi connectivity index (χ2n) is 7.71. The van der Waals surface area contributed by atoms with Gasteiger partial charge in [0.25, 0.3) is 0 Å². The van der Waals surface area contributed by atoms with Gasteiger partial charge in [-0.25, -0.2) is 14.2 Å². The highest BCUT2D eigenvalue weighted by atomic mass is 35.5. The Bertz CT molecular complexity index is 1030. The molecule has 4 rings (SSSR count). The molecular weight excluding hydrogens is 439 g/mol. The number of piperazine rings is 1. The van der Waals surface area contributed by atoms with E-state index in [0.717, 1.165) is 5.82 Å². The van der Waals surface area contributed by atoms with Crippen LogP contribution in [0.25, 0.3) is 0 Å². The topological polar surface area (TPSA) is 104 Å². The number of nitrogens with zero attached hydrogens (tertiary/aromatic N) is 4. The zero-order valence-corrected chi connectivity index (χ0v) is 18.3. The van der Waals surface area contributed by atoms with Gasteiger partial charge in [-0.1, -0.05) is 11.6 Å². The summed E-state index contributed by atoms with van der Waals surface area (Å²) in [6.45, 7) is 4.36. The Kier molecular flexibility index (Phi) is 6.22. The Labute approximate surface area is 189 Å². The number of nitrogens with one attached hydrogen (secondary N) is 1. The fourth-order valence-corrected chi connectivity index (χ4v) is 3.95. The Morgan fingerprint density at radius 2 is 1.97 bits per heavy atom. The number of nitrogens with two attached hydrogens (primary N) is 1. The lowest BCUT2D eigenvalue weighted by Gasteiger charge is -2.37. The zero-order chi connectivity index (χ0) is 22.8. The molecule has 0 spiro atoms. The Morgan fingerprint density at radius 1 is 1.25 bits per heavy atom. The summed E-state index contributed by atoms with van der Waals surface area (Å²) in [6, 6.07) is 8.26. The number of carbonyl (C=O) groups is 2. The lowest BCUT2D eigenvalue weighted by Crippen LogP contribution is -2.47. The van der Waals surface area contributed by atoms with E-state index in [0.29, 0.717) is 43.2 Å². The van der Waals surface area contributed by atoms with E-state index in [1.54, 1.807) is 18.2 Å². The van der Waals surface area contributed by atoms with E-state index < -0.39 is 18.0 Å². The molecule has 170 valence electrons. The molecule has 2 amide bonds. The summed E-state index contributed by atoms with van der Waals surface area (Å²) in [7, 11) is 0. The van der Waals surface area contributed by atoms with Crippen LogP contribution in [0.2, 0.25) is 5.15 Å². The number of aromatic nitrogens is 1. The third-order valence-corrected chi connectivity index (χ3v) is 5.81. The number of carbonyl (C=O) groups excluding carboxylic acids is 2. The van der Waals surface area contributed by atoms with Crippen LogP contribution in [0.1, 0.15) is 6.92 Å². The predicted octanol–water partition coefficient (Wildman–Crippen LogP) is 2.24. The third kappa shape index (κ3) is 4.64. The van der Waals surface area contributed by atoms with Crippen LogP contribution in [0.4, 0.5) is 32.1 Å². The van der Waals surface area contributed by atoms with E-state index >= 15 is 0 Å². The molecule has 0 bridgehead atoms. The van der Waals surface area contributed by atoms with Crippen LogP contribution in [-0.4, -0.2) is 62.4 Å². The van der Waals surface area contributed by atoms with Gasteiger partial charge < -0.3 is 25.6 Å². The Morgan fingerprint density at radius 3 is 2.62 bits per heavy atom. The molecule has 0 aliphatic carbocycles. The minimum atomic E-state index is -0.559. The molecule has 0 radical (unpaired) electrons. The highest BCUT2D eigenvalue weighted by molar-refractivity contribution is 6.31. The van der Waals surface area contributed by atoms with Gasteiger partial charge >= 0.3 is 6.09 Å². The highest BCUT2D eigenvalue weighted by Gasteiger charge is 2.33. The first kappa shape index (κ1) is 21.9. The number of benzene rings is 1. The molecule has 1 atom stereocenters. The molecule has 1 aromatic heterocycles. The van der Waals surface area contributed by atoms with Crippen LogP contribution in [-0.2, 0) is 9.53 Å². The summed E-state index contributed by atoms with van der Waals surface area (Å²) in [5, 5.41) is 2.89. The number of halogens is 2. The molecule has 2 aromatic rings. The summed E-state index contributed by atoms with van der Waals surface area (Å²) in [4.78, 5) is 32.9. The minimum Gasteiger partial charge on any atom is -0.442 e. The summed E-state index contributed by atoms with van der Waals surface area (Å²) in [6.07, 6.45) is -1.03. The average molecular weight is 463 g/mol. The number of amides is 2. The van der Waals surface area contributed by atoms with Crippen molar-refractivity contribution < 1.29 is 18.7 Å². The molecule has 32 heavy (non-hydrogen) atoms. The first-order valence-corrected chi connectivity index (χ1v) is 10.6. The van der Waals surface area contributed by atoms with Crippen LogP contribution in [0.3, 0.4) is 0 Å². The van der Waals surface area contributed by atoms with Gasteiger partial charge in [-0.15, -0.1) is 0 Å². The lowest BCUT2D eigenvalue weighted by molar-refractivity contribution is -0.119. The molecule has 2 aliphatic heterocycles. The van der Waals surface area contributed by atoms with Crippen molar-refractivity contribution in [3.05, 3.63) is 41.3 Å². The standard InChI is InChI=1S/C21H24ClFN6O3/c1-13(30)25-11-15-12-29(21(31)32-15)14-2-4-18(16(23)10-14)27-6-8-28(9-7-27)19-5-3-17(24)20(22)26-19/h2-5,10,15H,6-9,11-12,24H2,1H3,(H,25,30). The van der Waals surface area contributed by atoms with Gasteiger partial charge in [0.05, 0.1) is 30.2 Å². The Balaban J connectivity index is 1.39. The zero-order valence-electron chi connectivity index (χ0n) is 17.6. The van der Waals surface area contributed by atoms with Gasteiger partial charge in [-0.2, -0.15) is 0 Å². The highest BCUT2D eigenvalue weighted by Crippen LogP contribution is 2.29. The molecule has 9 nitrogen and oxygen atoms in total. The number of pyridine rings is 1. The van der Waals surface area contributed by atoms with Gasteiger partial charge in [0.15, 0.2) is 5.15 Å². The molecule has 0 saturated carbocycles. The molecule has 11 heteroatoms. The molecule has 3 N–H and O–H groups in total. The van der Waals surface area contributed by atoms with Crippen molar-refractivity contribution in [3.8, 4) is 0 Å². The van der Waals surface area contributed by atoms with Crippen LogP contribution in [0, 0.1) is 5.82 Å². The number of anilines is 4. The van der Waals surface area contributed by atoms with Crippen molar-refractivity contribution in [2.24, 2.45) is 0 Å². The van der Waals surface area contributed by atoms with E-state index in [1.165, 1.54) is 17.9 Å². The molecule has 2 fully saturated rings. The van der Waals surface area contributed by atoms with Crippen molar-refractivity contribution in [1.29, 1.82) is 0 Å². The maximum atomic E-state index is 14.9. The largest absolute Gasteiger partial charge is 0.442 e. The SMILES string of the molecule is CC(=O)NCC1CN(c2ccc(N3CCN(c4ccc(N)c(Cl)n4)CC3)c(F)c2)C(=O)O1. The maximum absolute atomic E-state index is 14.9. The van der Waals surface area contributed by atoms with E-state index in [1.807, 2.05) is 11.0 Å². The van der Waals surface area contributed by atoms with Gasteiger partial charge in [0.1, 0.15) is 17.7 Å². The number of hydrogen-bond donors (Lipinski definition) is 2. The minimum absolute atomic E-state index is 0.203. The van der Waals surface area contributed by atoms with Gasteiger partial charge in [-0.3, -0.25) is 9.69 Å². The summed E-state index contributed by atoms with van der Waals surface area (Å²) in [5.74, 6) is 0.119. The maximum Gasteiger partial charge on any atom is 0.414 e. The first-order valence-electron chi connectivity index (χ1n) is 10.3. The van der Waals surface area contributed by atoms with Gasteiger partial charge in [0.2, 0.25) is 5.91 Å². The molecule has 2 aliphatic rings. The second kappa shape index (κ2) is 9.07. The summed E-state index contributed by atoms with van der Waals surface area (Å²) >= 11 is 6.02. The van der Waals surface area contributed by atoms with Gasteiger partial charge in [-0.05, 0) is 30.3 Å². The van der Waals surface area contributed by atoms with Crippen molar-refractivity contribution in [2.45, 2.75) is 13.0 Å². The number of nitrogen functional groups attached to an aromatic ring is 1. The molecule has 3 heterocycles. The average Bonchev–Trinajstić information content (AvgIpc) is 3.15. The third-order valence-electron chi connectivity index (χ3n) is 5.50. The molecule has 2 saturated heterocycles. The van der Waals surface area contributed by atoms with E-state index in [9.17, 15) is 14.0 Å². The quantitative estimate of drug-likeness (QED) is 0.657. The Hall–Kier alpha value is -3.27. The molecular formula is C21H24ClFN6O3. The number of ether oxygens (including phenoxy) is 1. The monoisotopic (exact) mass is 462 g/mol. The lowest BCUT2D eigenvalue weighted by atomic mass is 10.2. The fraction of sp³-hybridized carbons (Fsp3) is 0.381. The second-order valence-corrected chi connectivity index (χ2v) is 8.07. The number of rotatable bonds is 5. The molecule has 1 aromatic carbocycles. The van der Waals surface area contributed by atoms with Crippen LogP contribution in [0.5, 0.6) is 0 Å². The van der Waals surface area contributed by atoms with Crippen LogP contribution >= 0.6 is 11.6 Å². The van der Waals surface area contributed by atoms with Crippen molar-refractivity contribution in [1.82, 2.24) is 10.3 Å². The van der Waals surface area contributed by atoms with E-state index in [4.69, 9.17) is 22.1 Å². The van der Waals surface area contributed by atoms with E-state index in [-0.39, 0.29) is 24.1 Å². The first-order chi connectivity index (χ1) is 15.3. The summed E-state index contributed by atoms with van der Waals surface area (Å²) < 4.78 is 20.2. The van der Waals surface area contributed by atoms with Crippen molar-refractivity contribution in [2.75, 3.05) is 59.7 Å². The molecule has 1 unspecified atom stereocenters. The van der Waals surface area contributed by atoms with Crippen molar-refractivity contribution in [3.63, 3.8) is 0 Å².